The highest BCUT2D eigenvalue weighted by atomic mass is 79.9. The topological polar surface area (TPSA) is 91.2 Å². The van der Waals surface area contributed by atoms with Crippen molar-refractivity contribution in [3.05, 3.63) is 91.3 Å². The van der Waals surface area contributed by atoms with E-state index < -0.39 is 5.91 Å². The SMILES string of the molecule is Cc1cccc(NC(=O)COc2c(Br)cc(/C=C(\C#N)C(=O)Nc3ccccc3Cl)cc2Br)c1. The summed E-state index contributed by atoms with van der Waals surface area (Å²) in [6, 6.07) is 19.5. The third-order valence-corrected chi connectivity index (χ3v) is 5.98. The molecule has 9 heteroatoms. The van der Waals surface area contributed by atoms with Crippen molar-refractivity contribution in [2.75, 3.05) is 17.2 Å². The van der Waals surface area contributed by atoms with Gasteiger partial charge in [0.1, 0.15) is 17.4 Å². The van der Waals surface area contributed by atoms with Crippen LogP contribution in [0.3, 0.4) is 0 Å². The smallest absolute Gasteiger partial charge is 0.266 e. The second kappa shape index (κ2) is 11.8. The minimum absolute atomic E-state index is 0.107. The molecule has 0 radical (unpaired) electrons. The van der Waals surface area contributed by atoms with Crippen molar-refractivity contribution in [1.29, 1.82) is 5.26 Å². The van der Waals surface area contributed by atoms with Crippen LogP contribution < -0.4 is 15.4 Å². The maximum Gasteiger partial charge on any atom is 0.266 e. The number of rotatable bonds is 7. The summed E-state index contributed by atoms with van der Waals surface area (Å²) in [6.07, 6.45) is 1.44. The molecule has 6 nitrogen and oxygen atoms in total. The number of aryl methyl sites for hydroxylation is 1. The predicted octanol–water partition coefficient (Wildman–Crippen LogP) is 6.74. The third-order valence-electron chi connectivity index (χ3n) is 4.47. The number of ether oxygens (including phenoxy) is 1. The number of amides is 2. The molecule has 3 aromatic carbocycles. The van der Waals surface area contributed by atoms with E-state index in [-0.39, 0.29) is 18.1 Å². The van der Waals surface area contributed by atoms with Crippen LogP contribution in [0.1, 0.15) is 11.1 Å². The number of nitrogens with one attached hydrogen (secondary N) is 2. The van der Waals surface area contributed by atoms with Crippen molar-refractivity contribution in [3.63, 3.8) is 0 Å². The molecule has 0 bridgehead atoms. The molecule has 3 rings (SSSR count). The standard InChI is InChI=1S/C25H18Br2ClN3O3/c1-15-5-4-6-18(9-15)30-23(32)14-34-24-19(26)11-16(12-20(24)27)10-17(13-29)25(33)31-22-8-3-2-7-21(22)28/h2-12H,14H2,1H3,(H,30,32)(H,31,33)/b17-10+. The van der Waals surface area contributed by atoms with E-state index in [1.54, 1.807) is 42.5 Å². The Kier molecular flexibility index (Phi) is 8.88. The molecule has 0 saturated carbocycles. The number of nitrogens with zero attached hydrogens (tertiary/aromatic N) is 1. The summed E-state index contributed by atoms with van der Waals surface area (Å²) < 4.78 is 6.76. The lowest BCUT2D eigenvalue weighted by Crippen LogP contribution is -2.20. The number of benzene rings is 3. The van der Waals surface area contributed by atoms with E-state index in [1.165, 1.54) is 6.08 Å². The number of nitriles is 1. The summed E-state index contributed by atoms with van der Waals surface area (Å²) in [7, 11) is 0. The van der Waals surface area contributed by atoms with Crippen LogP contribution in [0.5, 0.6) is 5.75 Å². The molecule has 0 aromatic heterocycles. The van der Waals surface area contributed by atoms with Gasteiger partial charge in [-0.15, -0.1) is 0 Å². The zero-order chi connectivity index (χ0) is 24.7. The summed E-state index contributed by atoms with van der Waals surface area (Å²) >= 11 is 12.9. The Morgan fingerprint density at radius 3 is 2.41 bits per heavy atom. The van der Waals surface area contributed by atoms with Gasteiger partial charge < -0.3 is 15.4 Å². The van der Waals surface area contributed by atoms with Crippen molar-refractivity contribution >= 4 is 72.7 Å². The molecule has 0 aliphatic rings. The zero-order valence-electron chi connectivity index (χ0n) is 17.9. The van der Waals surface area contributed by atoms with Gasteiger partial charge in [-0.05, 0) is 92.4 Å². The number of halogens is 3. The van der Waals surface area contributed by atoms with Gasteiger partial charge >= 0.3 is 0 Å². The lowest BCUT2D eigenvalue weighted by Gasteiger charge is -2.12. The van der Waals surface area contributed by atoms with Gasteiger partial charge in [-0.25, -0.2) is 0 Å². The second-order valence-electron chi connectivity index (χ2n) is 7.12. The first-order chi connectivity index (χ1) is 16.3. The molecule has 0 heterocycles. The van der Waals surface area contributed by atoms with Crippen LogP contribution in [0.4, 0.5) is 11.4 Å². The first-order valence-electron chi connectivity index (χ1n) is 9.93. The molecule has 2 amide bonds. The average molecular weight is 604 g/mol. The predicted molar refractivity (Wildman–Crippen MR) is 141 cm³/mol. The summed E-state index contributed by atoms with van der Waals surface area (Å²) in [5, 5.41) is 15.2. The van der Waals surface area contributed by atoms with Crippen LogP contribution >= 0.6 is 43.5 Å². The Morgan fingerprint density at radius 1 is 1.06 bits per heavy atom. The van der Waals surface area contributed by atoms with Gasteiger partial charge in [0, 0.05) is 5.69 Å². The number of para-hydroxylation sites is 1. The van der Waals surface area contributed by atoms with Crippen LogP contribution in [-0.4, -0.2) is 18.4 Å². The fourth-order valence-corrected chi connectivity index (χ4v) is 4.56. The van der Waals surface area contributed by atoms with E-state index in [2.05, 4.69) is 42.5 Å². The number of carbonyl (C=O) groups excluding carboxylic acids is 2. The van der Waals surface area contributed by atoms with Gasteiger partial charge in [-0.1, -0.05) is 35.9 Å². The van der Waals surface area contributed by atoms with Crippen molar-refractivity contribution in [2.24, 2.45) is 0 Å². The van der Waals surface area contributed by atoms with Crippen molar-refractivity contribution < 1.29 is 14.3 Å². The molecule has 0 unspecified atom stereocenters. The molecule has 0 fully saturated rings. The largest absolute Gasteiger partial charge is 0.481 e. The Balaban J connectivity index is 1.70. The molecule has 2 N–H and O–H groups in total. The highest BCUT2D eigenvalue weighted by molar-refractivity contribution is 9.11. The molecule has 0 spiro atoms. The van der Waals surface area contributed by atoms with Gasteiger partial charge in [0.2, 0.25) is 0 Å². The Bertz CT molecular complexity index is 1300. The van der Waals surface area contributed by atoms with Gasteiger partial charge in [-0.2, -0.15) is 5.26 Å². The molecule has 34 heavy (non-hydrogen) atoms. The summed E-state index contributed by atoms with van der Waals surface area (Å²) in [5.74, 6) is -0.483. The Morgan fingerprint density at radius 2 is 1.76 bits per heavy atom. The molecule has 3 aromatic rings. The third kappa shape index (κ3) is 6.94. The van der Waals surface area contributed by atoms with Crippen molar-refractivity contribution in [1.82, 2.24) is 0 Å². The molecule has 0 atom stereocenters. The molecular formula is C25H18Br2ClN3O3. The summed E-state index contributed by atoms with van der Waals surface area (Å²) in [4.78, 5) is 24.8. The van der Waals surface area contributed by atoms with Gasteiger partial charge in [0.25, 0.3) is 11.8 Å². The van der Waals surface area contributed by atoms with Crippen molar-refractivity contribution in [3.8, 4) is 11.8 Å². The van der Waals surface area contributed by atoms with Gasteiger partial charge in [0.05, 0.1) is 19.7 Å². The van der Waals surface area contributed by atoms with Crippen molar-refractivity contribution in [2.45, 2.75) is 6.92 Å². The van der Waals surface area contributed by atoms with Crippen LogP contribution in [0.2, 0.25) is 5.02 Å². The van der Waals surface area contributed by atoms with E-state index in [0.29, 0.717) is 36.7 Å². The maximum atomic E-state index is 12.5. The lowest BCUT2D eigenvalue weighted by molar-refractivity contribution is -0.118. The van der Waals surface area contributed by atoms with Crippen LogP contribution in [-0.2, 0) is 9.59 Å². The second-order valence-corrected chi connectivity index (χ2v) is 9.24. The highest BCUT2D eigenvalue weighted by Gasteiger charge is 2.14. The zero-order valence-corrected chi connectivity index (χ0v) is 21.8. The number of hydrogen-bond acceptors (Lipinski definition) is 4. The Hall–Kier alpha value is -3.12. The van der Waals surface area contributed by atoms with E-state index in [1.807, 2.05) is 31.2 Å². The van der Waals surface area contributed by atoms with Crippen LogP contribution in [0.15, 0.2) is 75.2 Å². The molecule has 0 aliphatic heterocycles. The van der Waals surface area contributed by atoms with Crippen LogP contribution in [0, 0.1) is 18.3 Å². The molecule has 0 saturated heterocycles. The monoisotopic (exact) mass is 601 g/mol. The minimum atomic E-state index is -0.587. The lowest BCUT2D eigenvalue weighted by atomic mass is 10.1. The van der Waals surface area contributed by atoms with Crippen LogP contribution in [0.25, 0.3) is 6.08 Å². The fraction of sp³-hybridized carbons (Fsp3) is 0.0800. The molecule has 0 aliphatic carbocycles. The first-order valence-corrected chi connectivity index (χ1v) is 11.9. The first kappa shape index (κ1) is 25.5. The van der Waals surface area contributed by atoms with Gasteiger partial charge in [0.15, 0.2) is 6.61 Å². The van der Waals surface area contributed by atoms with E-state index in [0.717, 1.165) is 5.56 Å². The molecule has 172 valence electrons. The highest BCUT2D eigenvalue weighted by Crippen LogP contribution is 2.35. The fourth-order valence-electron chi connectivity index (χ4n) is 2.93. The summed E-state index contributed by atoms with van der Waals surface area (Å²) in [5.41, 5.74) is 2.59. The normalized spacial score (nSPS) is 10.9. The number of anilines is 2. The Labute approximate surface area is 218 Å². The van der Waals surface area contributed by atoms with E-state index >= 15 is 0 Å². The van der Waals surface area contributed by atoms with E-state index in [4.69, 9.17) is 16.3 Å². The minimum Gasteiger partial charge on any atom is -0.481 e. The summed E-state index contributed by atoms with van der Waals surface area (Å²) in [6.45, 7) is 1.73. The van der Waals surface area contributed by atoms with Gasteiger partial charge in [-0.3, -0.25) is 9.59 Å². The average Bonchev–Trinajstić information content (AvgIpc) is 2.78. The number of hydrogen-bond donors (Lipinski definition) is 2. The quantitative estimate of drug-likeness (QED) is 0.231. The number of carbonyl (C=O) groups is 2. The van der Waals surface area contributed by atoms with E-state index in [9.17, 15) is 14.9 Å². The maximum absolute atomic E-state index is 12.5. The molecular weight excluding hydrogens is 586 g/mol.